The Bertz CT molecular complexity index is 511. The van der Waals surface area contributed by atoms with E-state index in [1.165, 1.54) is 29.1 Å². The van der Waals surface area contributed by atoms with Crippen molar-refractivity contribution in [2.75, 3.05) is 0 Å². The second-order valence-electron chi connectivity index (χ2n) is 4.37. The molecule has 0 saturated heterocycles. The maximum Gasteiger partial charge on any atom is 0.109 e. The fraction of sp³-hybridized carbons (Fsp3) is 0.357. The van der Waals surface area contributed by atoms with Crippen molar-refractivity contribution in [2.24, 2.45) is 0 Å². The van der Waals surface area contributed by atoms with Gasteiger partial charge in [0.2, 0.25) is 0 Å². The molecule has 0 radical (unpaired) electrons. The molecule has 2 aromatic rings. The Morgan fingerprint density at radius 3 is 3.19 bits per heavy atom. The van der Waals surface area contributed by atoms with Crippen molar-refractivity contribution >= 4 is 0 Å². The van der Waals surface area contributed by atoms with Gasteiger partial charge in [0, 0.05) is 18.5 Å². The van der Waals surface area contributed by atoms with Crippen LogP contribution < -0.4 is 0 Å². The molecule has 0 unspecified atom stereocenters. The summed E-state index contributed by atoms with van der Waals surface area (Å²) in [5.74, 6) is 1.25. The molecule has 1 aliphatic heterocycles. The molecular formula is C14H16N2. The van der Waals surface area contributed by atoms with Gasteiger partial charge in [0.05, 0.1) is 11.9 Å². The highest BCUT2D eigenvalue weighted by Crippen LogP contribution is 2.26. The molecule has 0 aliphatic carbocycles. The van der Waals surface area contributed by atoms with Gasteiger partial charge in [0.1, 0.15) is 5.82 Å². The number of fused-ring (bicyclic) bond motifs is 1. The highest BCUT2D eigenvalue weighted by atomic mass is 15.1. The smallest absolute Gasteiger partial charge is 0.109 e. The molecule has 82 valence electrons. The first-order valence-corrected chi connectivity index (χ1v) is 6.02. The van der Waals surface area contributed by atoms with Crippen molar-refractivity contribution in [1.82, 2.24) is 9.55 Å². The van der Waals surface area contributed by atoms with Gasteiger partial charge in [-0.25, -0.2) is 4.98 Å². The quantitative estimate of drug-likeness (QED) is 0.748. The van der Waals surface area contributed by atoms with Gasteiger partial charge in [-0.2, -0.15) is 0 Å². The van der Waals surface area contributed by atoms with Crippen LogP contribution in [0.25, 0.3) is 11.3 Å². The lowest BCUT2D eigenvalue weighted by Crippen LogP contribution is -1.95. The number of hydrogen-bond donors (Lipinski definition) is 0. The van der Waals surface area contributed by atoms with E-state index >= 15 is 0 Å². The van der Waals surface area contributed by atoms with Crippen LogP contribution in [-0.2, 0) is 19.4 Å². The van der Waals surface area contributed by atoms with E-state index in [2.05, 4.69) is 40.7 Å². The molecule has 0 spiro atoms. The fourth-order valence-corrected chi connectivity index (χ4v) is 2.44. The molecule has 2 nitrogen and oxygen atoms in total. The zero-order chi connectivity index (χ0) is 11.0. The standard InChI is InChI=1S/C14H16N2/c1-2-11-5-3-6-12(9-11)13-10-15-14-7-4-8-16(13)14/h3,5-6,9-10H,2,4,7-8H2,1H3. The number of rotatable bonds is 2. The summed E-state index contributed by atoms with van der Waals surface area (Å²) in [6.45, 7) is 3.32. The summed E-state index contributed by atoms with van der Waals surface area (Å²) in [7, 11) is 0. The lowest BCUT2D eigenvalue weighted by atomic mass is 10.1. The number of benzene rings is 1. The third-order valence-corrected chi connectivity index (χ3v) is 3.35. The number of aromatic nitrogens is 2. The highest BCUT2D eigenvalue weighted by molar-refractivity contribution is 5.60. The van der Waals surface area contributed by atoms with Crippen LogP contribution >= 0.6 is 0 Å². The Balaban J connectivity index is 2.08. The molecule has 1 aromatic carbocycles. The van der Waals surface area contributed by atoms with E-state index in [-0.39, 0.29) is 0 Å². The molecule has 1 aliphatic rings. The number of nitrogens with zero attached hydrogens (tertiary/aromatic N) is 2. The van der Waals surface area contributed by atoms with Crippen LogP contribution in [0.5, 0.6) is 0 Å². The molecule has 0 atom stereocenters. The minimum Gasteiger partial charge on any atom is -0.328 e. The van der Waals surface area contributed by atoms with E-state index in [0.29, 0.717) is 0 Å². The summed E-state index contributed by atoms with van der Waals surface area (Å²) >= 11 is 0. The summed E-state index contributed by atoms with van der Waals surface area (Å²) in [5, 5.41) is 0. The molecule has 1 aromatic heterocycles. The Labute approximate surface area is 95.9 Å². The lowest BCUT2D eigenvalue weighted by molar-refractivity contribution is 0.756. The first-order chi connectivity index (χ1) is 7.88. The number of hydrogen-bond acceptors (Lipinski definition) is 1. The maximum absolute atomic E-state index is 4.49. The van der Waals surface area contributed by atoms with E-state index in [4.69, 9.17) is 0 Å². The predicted molar refractivity (Wildman–Crippen MR) is 65.4 cm³/mol. The van der Waals surface area contributed by atoms with Crippen molar-refractivity contribution in [3.8, 4) is 11.3 Å². The van der Waals surface area contributed by atoms with Crippen LogP contribution in [0.15, 0.2) is 30.5 Å². The largest absolute Gasteiger partial charge is 0.328 e. The van der Waals surface area contributed by atoms with Gasteiger partial charge in [0.15, 0.2) is 0 Å². The first kappa shape index (κ1) is 9.64. The Hall–Kier alpha value is -1.57. The van der Waals surface area contributed by atoms with Gasteiger partial charge in [-0.05, 0) is 24.5 Å². The summed E-state index contributed by atoms with van der Waals surface area (Å²) in [6.07, 6.45) is 5.48. The molecule has 3 rings (SSSR count). The van der Waals surface area contributed by atoms with E-state index in [9.17, 15) is 0 Å². The molecule has 2 heteroatoms. The summed E-state index contributed by atoms with van der Waals surface area (Å²) in [4.78, 5) is 4.49. The summed E-state index contributed by atoms with van der Waals surface area (Å²) in [6, 6.07) is 8.79. The second kappa shape index (κ2) is 3.78. The zero-order valence-corrected chi connectivity index (χ0v) is 9.61. The molecule has 0 saturated carbocycles. The summed E-state index contributed by atoms with van der Waals surface area (Å²) < 4.78 is 2.36. The average molecular weight is 212 g/mol. The Morgan fingerprint density at radius 1 is 1.38 bits per heavy atom. The number of imidazole rings is 1. The first-order valence-electron chi connectivity index (χ1n) is 6.02. The molecule has 0 bridgehead atoms. The van der Waals surface area contributed by atoms with Crippen LogP contribution in [0.4, 0.5) is 0 Å². The third-order valence-electron chi connectivity index (χ3n) is 3.35. The molecule has 16 heavy (non-hydrogen) atoms. The van der Waals surface area contributed by atoms with Gasteiger partial charge in [-0.1, -0.05) is 25.1 Å². The van der Waals surface area contributed by atoms with Crippen LogP contribution in [0.1, 0.15) is 24.7 Å². The molecule has 2 heterocycles. The highest BCUT2D eigenvalue weighted by Gasteiger charge is 2.16. The minimum atomic E-state index is 1.09. The van der Waals surface area contributed by atoms with Crippen molar-refractivity contribution < 1.29 is 0 Å². The van der Waals surface area contributed by atoms with Crippen LogP contribution in [0.3, 0.4) is 0 Å². The molecule has 0 amide bonds. The van der Waals surface area contributed by atoms with Gasteiger partial charge in [-0.15, -0.1) is 0 Å². The SMILES string of the molecule is CCc1cccc(-c2cnc3n2CCC3)c1. The van der Waals surface area contributed by atoms with Crippen molar-refractivity contribution in [3.05, 3.63) is 41.9 Å². The van der Waals surface area contributed by atoms with E-state index in [1.54, 1.807) is 0 Å². The van der Waals surface area contributed by atoms with Crippen LogP contribution in [-0.4, -0.2) is 9.55 Å². The van der Waals surface area contributed by atoms with Crippen molar-refractivity contribution in [2.45, 2.75) is 32.7 Å². The van der Waals surface area contributed by atoms with Crippen LogP contribution in [0, 0.1) is 0 Å². The van der Waals surface area contributed by atoms with Gasteiger partial charge < -0.3 is 4.57 Å². The Kier molecular flexibility index (Phi) is 2.28. The summed E-state index contributed by atoms with van der Waals surface area (Å²) in [5.41, 5.74) is 3.98. The van der Waals surface area contributed by atoms with E-state index in [0.717, 1.165) is 19.4 Å². The minimum absolute atomic E-state index is 1.09. The molecule has 0 N–H and O–H groups in total. The second-order valence-corrected chi connectivity index (χ2v) is 4.37. The molecule has 0 fully saturated rings. The average Bonchev–Trinajstić information content (AvgIpc) is 2.90. The van der Waals surface area contributed by atoms with Gasteiger partial charge in [0.25, 0.3) is 0 Å². The van der Waals surface area contributed by atoms with E-state index < -0.39 is 0 Å². The fourth-order valence-electron chi connectivity index (χ4n) is 2.44. The van der Waals surface area contributed by atoms with Crippen molar-refractivity contribution in [1.29, 1.82) is 0 Å². The Morgan fingerprint density at radius 2 is 2.31 bits per heavy atom. The van der Waals surface area contributed by atoms with Gasteiger partial charge >= 0.3 is 0 Å². The normalized spacial score (nSPS) is 14.1. The number of aryl methyl sites for hydroxylation is 2. The zero-order valence-electron chi connectivity index (χ0n) is 9.61. The monoisotopic (exact) mass is 212 g/mol. The van der Waals surface area contributed by atoms with E-state index in [1.807, 2.05) is 6.20 Å². The maximum atomic E-state index is 4.49. The third kappa shape index (κ3) is 1.45. The predicted octanol–water partition coefficient (Wildman–Crippen LogP) is 3.06. The van der Waals surface area contributed by atoms with Gasteiger partial charge in [-0.3, -0.25) is 0 Å². The van der Waals surface area contributed by atoms with Crippen molar-refractivity contribution in [3.63, 3.8) is 0 Å². The van der Waals surface area contributed by atoms with Crippen LogP contribution in [0.2, 0.25) is 0 Å². The molecular weight excluding hydrogens is 196 g/mol. The topological polar surface area (TPSA) is 17.8 Å². The lowest BCUT2D eigenvalue weighted by Gasteiger charge is -2.06.